The van der Waals surface area contributed by atoms with Gasteiger partial charge in [-0.1, -0.05) is 31.7 Å². The minimum Gasteiger partial charge on any atom is -0.467 e. The molecule has 7 heteroatoms. The number of carbonyl (C=O) groups excluding carboxylic acids is 3. The minimum atomic E-state index is -1.05. The molecule has 1 aromatic rings. The fraction of sp³-hybridized carbons (Fsp3) is 0.476. The maximum Gasteiger partial charge on any atom is 0.332 e. The lowest BCUT2D eigenvalue weighted by Gasteiger charge is -2.46. The number of piperidine rings is 1. The summed E-state index contributed by atoms with van der Waals surface area (Å²) < 4.78 is 9.86. The van der Waals surface area contributed by atoms with Gasteiger partial charge in [-0.15, -0.1) is 0 Å². The molecule has 0 unspecified atom stereocenters. The van der Waals surface area contributed by atoms with E-state index in [1.165, 1.54) is 7.11 Å². The van der Waals surface area contributed by atoms with E-state index in [4.69, 9.17) is 9.47 Å². The van der Waals surface area contributed by atoms with E-state index in [2.05, 4.69) is 11.5 Å². The first kappa shape index (κ1) is 21.6. The maximum absolute atomic E-state index is 12.9. The second-order valence-corrected chi connectivity index (χ2v) is 6.69. The molecule has 1 saturated heterocycles. The highest BCUT2D eigenvalue weighted by atomic mass is 16.5. The largest absolute Gasteiger partial charge is 0.467 e. The molecule has 0 radical (unpaired) electrons. The number of carbonyl (C=O) groups is 3. The molecule has 0 aromatic heterocycles. The standard InChI is InChI=1S/C21H28N2O5/c1-4-18(24)23(17-9-7-6-8-10-17)21(20(26)27-3)12-15-22(16-13-21)14-11-19(25)28-5-2/h5-10H,2,4,11-16H2,1,3H3. The minimum absolute atomic E-state index is 0.125. The summed E-state index contributed by atoms with van der Waals surface area (Å²) in [5.41, 5.74) is -0.371. The van der Waals surface area contributed by atoms with Crippen molar-refractivity contribution in [1.29, 1.82) is 0 Å². The van der Waals surface area contributed by atoms with E-state index in [-0.39, 0.29) is 24.7 Å². The first-order chi connectivity index (χ1) is 13.5. The molecule has 0 saturated carbocycles. The lowest BCUT2D eigenvalue weighted by atomic mass is 9.84. The second-order valence-electron chi connectivity index (χ2n) is 6.69. The number of anilines is 1. The third-order valence-corrected chi connectivity index (χ3v) is 5.09. The summed E-state index contributed by atoms with van der Waals surface area (Å²) in [4.78, 5) is 40.9. The van der Waals surface area contributed by atoms with Crippen LogP contribution in [0.4, 0.5) is 5.69 Å². The van der Waals surface area contributed by atoms with Gasteiger partial charge in [0.1, 0.15) is 5.54 Å². The molecule has 152 valence electrons. The van der Waals surface area contributed by atoms with Gasteiger partial charge in [0, 0.05) is 31.7 Å². The number of para-hydroxylation sites is 1. The number of benzene rings is 1. The number of likely N-dealkylation sites (tertiary alicyclic amines) is 1. The molecule has 1 aliphatic rings. The molecule has 0 bridgehead atoms. The summed E-state index contributed by atoms with van der Waals surface area (Å²) in [6.45, 7) is 6.81. The molecule has 1 aromatic carbocycles. The second kappa shape index (κ2) is 10.0. The van der Waals surface area contributed by atoms with Crippen molar-refractivity contribution in [3.63, 3.8) is 0 Å². The van der Waals surface area contributed by atoms with E-state index in [1.54, 1.807) is 11.8 Å². The molecule has 1 amide bonds. The molecule has 0 aliphatic carbocycles. The summed E-state index contributed by atoms with van der Waals surface area (Å²) in [7, 11) is 1.35. The quantitative estimate of drug-likeness (QED) is 0.503. The Morgan fingerprint density at radius 3 is 2.39 bits per heavy atom. The van der Waals surface area contributed by atoms with Crippen molar-refractivity contribution in [2.24, 2.45) is 0 Å². The van der Waals surface area contributed by atoms with Gasteiger partial charge in [0.15, 0.2) is 0 Å². The van der Waals surface area contributed by atoms with Crippen LogP contribution in [-0.2, 0) is 23.9 Å². The predicted molar refractivity (Wildman–Crippen MR) is 106 cm³/mol. The summed E-state index contributed by atoms with van der Waals surface area (Å²) in [6, 6.07) is 9.22. The zero-order chi connectivity index (χ0) is 20.6. The van der Waals surface area contributed by atoms with Crippen LogP contribution in [0.25, 0.3) is 0 Å². The van der Waals surface area contributed by atoms with Gasteiger partial charge in [-0.3, -0.25) is 14.5 Å². The molecule has 1 fully saturated rings. The Morgan fingerprint density at radius 2 is 1.86 bits per heavy atom. The van der Waals surface area contributed by atoms with E-state index in [1.807, 2.05) is 30.3 Å². The van der Waals surface area contributed by atoms with Gasteiger partial charge in [0.2, 0.25) is 5.91 Å². The van der Waals surface area contributed by atoms with Gasteiger partial charge in [0.05, 0.1) is 19.8 Å². The van der Waals surface area contributed by atoms with Crippen LogP contribution in [0.1, 0.15) is 32.6 Å². The van der Waals surface area contributed by atoms with Crippen molar-refractivity contribution in [1.82, 2.24) is 4.90 Å². The summed E-state index contributed by atoms with van der Waals surface area (Å²) in [5.74, 6) is -0.879. The monoisotopic (exact) mass is 388 g/mol. The molecule has 0 spiro atoms. The van der Waals surface area contributed by atoms with Crippen LogP contribution >= 0.6 is 0 Å². The van der Waals surface area contributed by atoms with E-state index < -0.39 is 11.5 Å². The van der Waals surface area contributed by atoms with Gasteiger partial charge in [-0.25, -0.2) is 4.79 Å². The van der Waals surface area contributed by atoms with Crippen molar-refractivity contribution in [2.45, 2.75) is 38.1 Å². The van der Waals surface area contributed by atoms with Crippen LogP contribution in [0, 0.1) is 0 Å². The van der Waals surface area contributed by atoms with Gasteiger partial charge in [0.25, 0.3) is 0 Å². The fourth-order valence-corrected chi connectivity index (χ4v) is 3.62. The molecule has 0 N–H and O–H groups in total. The third-order valence-electron chi connectivity index (χ3n) is 5.09. The van der Waals surface area contributed by atoms with Crippen LogP contribution in [0.5, 0.6) is 0 Å². The SMILES string of the molecule is C=COC(=O)CCN1CCC(C(=O)OC)(N(C(=O)CC)c2ccccc2)CC1. The Balaban J connectivity index is 2.23. The Hall–Kier alpha value is -2.67. The normalized spacial score (nSPS) is 16.1. The van der Waals surface area contributed by atoms with Gasteiger partial charge < -0.3 is 14.4 Å². The number of hydrogen-bond donors (Lipinski definition) is 0. The molecular weight excluding hydrogens is 360 g/mol. The molecule has 7 nitrogen and oxygen atoms in total. The number of rotatable bonds is 8. The summed E-state index contributed by atoms with van der Waals surface area (Å²) in [5, 5.41) is 0. The highest BCUT2D eigenvalue weighted by molar-refractivity contribution is 6.02. The van der Waals surface area contributed by atoms with Gasteiger partial charge in [-0.05, 0) is 25.0 Å². The van der Waals surface area contributed by atoms with Crippen LogP contribution in [0.3, 0.4) is 0 Å². The van der Waals surface area contributed by atoms with Crippen molar-refractivity contribution in [2.75, 3.05) is 31.6 Å². The lowest BCUT2D eigenvalue weighted by Crippen LogP contribution is -2.62. The zero-order valence-electron chi connectivity index (χ0n) is 16.6. The average Bonchev–Trinajstić information content (AvgIpc) is 2.73. The lowest BCUT2D eigenvalue weighted by molar-refractivity contribution is -0.151. The number of methoxy groups -OCH3 is 1. The van der Waals surface area contributed by atoms with E-state index in [9.17, 15) is 14.4 Å². The van der Waals surface area contributed by atoms with Crippen LogP contribution in [0.2, 0.25) is 0 Å². The Bertz CT molecular complexity index is 696. The Morgan fingerprint density at radius 1 is 1.21 bits per heavy atom. The molecular formula is C21H28N2O5. The van der Waals surface area contributed by atoms with Gasteiger partial charge in [-0.2, -0.15) is 0 Å². The number of esters is 2. The molecule has 1 heterocycles. The van der Waals surface area contributed by atoms with Crippen molar-refractivity contribution < 1.29 is 23.9 Å². The van der Waals surface area contributed by atoms with Crippen LogP contribution in [0.15, 0.2) is 43.2 Å². The van der Waals surface area contributed by atoms with Gasteiger partial charge >= 0.3 is 11.9 Å². The maximum atomic E-state index is 12.9. The highest BCUT2D eigenvalue weighted by Gasteiger charge is 2.49. The first-order valence-electron chi connectivity index (χ1n) is 9.47. The average molecular weight is 388 g/mol. The Kier molecular flexibility index (Phi) is 7.75. The molecule has 2 rings (SSSR count). The van der Waals surface area contributed by atoms with E-state index in [0.717, 1.165) is 6.26 Å². The van der Waals surface area contributed by atoms with Crippen molar-refractivity contribution in [3.8, 4) is 0 Å². The molecule has 28 heavy (non-hydrogen) atoms. The Labute approximate surface area is 165 Å². The fourth-order valence-electron chi connectivity index (χ4n) is 3.62. The van der Waals surface area contributed by atoms with E-state index >= 15 is 0 Å². The third kappa shape index (κ3) is 4.78. The van der Waals surface area contributed by atoms with Crippen molar-refractivity contribution >= 4 is 23.5 Å². The zero-order valence-corrected chi connectivity index (χ0v) is 16.6. The van der Waals surface area contributed by atoms with Crippen LogP contribution in [-0.4, -0.2) is 55.0 Å². The van der Waals surface area contributed by atoms with E-state index in [0.29, 0.717) is 38.2 Å². The van der Waals surface area contributed by atoms with Crippen LogP contribution < -0.4 is 4.90 Å². The number of amides is 1. The topological polar surface area (TPSA) is 76.2 Å². The van der Waals surface area contributed by atoms with Crippen molar-refractivity contribution in [3.05, 3.63) is 43.2 Å². The summed E-state index contributed by atoms with van der Waals surface area (Å²) in [6.07, 6.45) is 2.50. The number of nitrogens with zero attached hydrogens (tertiary/aromatic N) is 2. The predicted octanol–water partition coefficient (Wildman–Crippen LogP) is 2.51. The number of hydrogen-bond acceptors (Lipinski definition) is 6. The number of ether oxygens (including phenoxy) is 2. The highest BCUT2D eigenvalue weighted by Crippen LogP contribution is 2.35. The molecule has 1 aliphatic heterocycles. The molecule has 0 atom stereocenters. The first-order valence-corrected chi connectivity index (χ1v) is 9.47. The summed E-state index contributed by atoms with van der Waals surface area (Å²) >= 11 is 0. The smallest absolute Gasteiger partial charge is 0.332 e.